The van der Waals surface area contributed by atoms with Crippen LogP contribution in [-0.2, 0) is 6.18 Å². The SMILES string of the molecule is CC1CN(c2cc(C(F)(F)F)ncc2[N+](=O)[O-])CC(C)N1. The zero-order valence-corrected chi connectivity index (χ0v) is 11.5. The molecule has 1 aliphatic heterocycles. The van der Waals surface area contributed by atoms with Gasteiger partial charge in [0.25, 0.3) is 0 Å². The molecule has 2 unspecified atom stereocenters. The molecule has 0 aromatic carbocycles. The third-order valence-electron chi connectivity index (χ3n) is 3.25. The van der Waals surface area contributed by atoms with Crippen molar-refractivity contribution in [2.75, 3.05) is 18.0 Å². The van der Waals surface area contributed by atoms with Gasteiger partial charge in [-0.05, 0) is 19.9 Å². The molecule has 1 saturated heterocycles. The molecule has 2 heterocycles. The topological polar surface area (TPSA) is 71.3 Å². The van der Waals surface area contributed by atoms with Gasteiger partial charge in [-0.2, -0.15) is 13.2 Å². The molecule has 0 aliphatic carbocycles. The molecule has 1 aromatic rings. The second kappa shape index (κ2) is 5.47. The maximum absolute atomic E-state index is 12.8. The van der Waals surface area contributed by atoms with Crippen molar-refractivity contribution < 1.29 is 18.1 Å². The van der Waals surface area contributed by atoms with Gasteiger partial charge in [0.2, 0.25) is 0 Å². The zero-order chi connectivity index (χ0) is 15.8. The molecule has 2 rings (SSSR count). The highest BCUT2D eigenvalue weighted by atomic mass is 19.4. The first kappa shape index (κ1) is 15.5. The molecule has 0 saturated carbocycles. The smallest absolute Gasteiger partial charge is 0.363 e. The van der Waals surface area contributed by atoms with E-state index in [1.807, 2.05) is 13.8 Å². The van der Waals surface area contributed by atoms with Gasteiger partial charge in [-0.25, -0.2) is 4.98 Å². The quantitative estimate of drug-likeness (QED) is 0.670. The third-order valence-corrected chi connectivity index (χ3v) is 3.25. The van der Waals surface area contributed by atoms with E-state index in [1.165, 1.54) is 0 Å². The fourth-order valence-electron chi connectivity index (χ4n) is 2.51. The fourth-order valence-corrected chi connectivity index (χ4v) is 2.51. The summed E-state index contributed by atoms with van der Waals surface area (Å²) in [6.07, 6.45) is -3.95. The third kappa shape index (κ3) is 3.41. The molecule has 0 spiro atoms. The lowest BCUT2D eigenvalue weighted by molar-refractivity contribution is -0.384. The highest BCUT2D eigenvalue weighted by Crippen LogP contribution is 2.35. The molecule has 6 nitrogen and oxygen atoms in total. The largest absolute Gasteiger partial charge is 0.433 e. The second-order valence-electron chi connectivity index (χ2n) is 5.19. The zero-order valence-electron chi connectivity index (χ0n) is 11.5. The van der Waals surface area contributed by atoms with Crippen molar-refractivity contribution in [2.45, 2.75) is 32.1 Å². The summed E-state index contributed by atoms with van der Waals surface area (Å²) in [7, 11) is 0. The Bertz CT molecular complexity index is 540. The van der Waals surface area contributed by atoms with Gasteiger partial charge in [-0.1, -0.05) is 0 Å². The Morgan fingerprint density at radius 3 is 2.43 bits per heavy atom. The number of aromatic nitrogens is 1. The normalized spacial score (nSPS) is 23.2. The van der Waals surface area contributed by atoms with E-state index in [0.29, 0.717) is 19.3 Å². The Kier molecular flexibility index (Phi) is 4.04. The van der Waals surface area contributed by atoms with Gasteiger partial charge in [0.15, 0.2) is 0 Å². The number of nitrogens with zero attached hydrogens (tertiary/aromatic N) is 3. The Labute approximate surface area is 119 Å². The molecule has 1 aromatic heterocycles. The lowest BCUT2D eigenvalue weighted by Crippen LogP contribution is -2.54. The summed E-state index contributed by atoms with van der Waals surface area (Å²) in [5, 5.41) is 14.3. The number of nitro groups is 1. The summed E-state index contributed by atoms with van der Waals surface area (Å²) >= 11 is 0. The van der Waals surface area contributed by atoms with Crippen LogP contribution in [0.2, 0.25) is 0 Å². The maximum atomic E-state index is 12.8. The van der Waals surface area contributed by atoms with Gasteiger partial charge in [0.1, 0.15) is 17.6 Å². The highest BCUT2D eigenvalue weighted by Gasteiger charge is 2.36. The van der Waals surface area contributed by atoms with Crippen LogP contribution in [0.5, 0.6) is 0 Å². The van der Waals surface area contributed by atoms with Crippen LogP contribution in [0.3, 0.4) is 0 Å². The molecule has 1 fully saturated rings. The van der Waals surface area contributed by atoms with Gasteiger partial charge in [0.05, 0.1) is 4.92 Å². The number of hydrogen-bond acceptors (Lipinski definition) is 5. The van der Waals surface area contributed by atoms with Crippen molar-refractivity contribution in [3.63, 3.8) is 0 Å². The summed E-state index contributed by atoms with van der Waals surface area (Å²) in [5.74, 6) is 0. The number of nitrogens with one attached hydrogen (secondary N) is 1. The van der Waals surface area contributed by atoms with Crippen LogP contribution in [0.15, 0.2) is 12.3 Å². The number of piperazine rings is 1. The Morgan fingerprint density at radius 1 is 1.38 bits per heavy atom. The van der Waals surface area contributed by atoms with Gasteiger partial charge < -0.3 is 10.2 Å². The van der Waals surface area contributed by atoms with Crippen molar-refractivity contribution in [3.05, 3.63) is 28.1 Å². The molecular weight excluding hydrogens is 289 g/mol. The standard InChI is InChI=1S/C12H15F3N4O2/c1-7-5-18(6-8(2)17-7)9-3-11(12(13,14)15)16-4-10(9)19(20)21/h3-4,7-8,17H,5-6H2,1-2H3. The summed E-state index contributed by atoms with van der Waals surface area (Å²) in [4.78, 5) is 15.1. The van der Waals surface area contributed by atoms with Crippen LogP contribution in [0.25, 0.3) is 0 Å². The fraction of sp³-hybridized carbons (Fsp3) is 0.583. The summed E-state index contributed by atoms with van der Waals surface area (Å²) in [5.41, 5.74) is -1.58. The number of rotatable bonds is 2. The number of halogens is 3. The van der Waals surface area contributed by atoms with Crippen molar-refractivity contribution in [1.29, 1.82) is 0 Å². The van der Waals surface area contributed by atoms with Crippen LogP contribution in [-0.4, -0.2) is 35.1 Å². The predicted octanol–water partition coefficient (Wildman–Crippen LogP) is 2.20. The predicted molar refractivity (Wildman–Crippen MR) is 70.2 cm³/mol. The molecule has 0 radical (unpaired) electrons. The first-order valence-electron chi connectivity index (χ1n) is 6.41. The maximum Gasteiger partial charge on any atom is 0.433 e. The second-order valence-corrected chi connectivity index (χ2v) is 5.19. The van der Waals surface area contributed by atoms with Gasteiger partial charge in [-0.3, -0.25) is 10.1 Å². The Hall–Kier alpha value is -1.90. The van der Waals surface area contributed by atoms with E-state index in [1.54, 1.807) is 4.90 Å². The van der Waals surface area contributed by atoms with Crippen molar-refractivity contribution in [2.24, 2.45) is 0 Å². The van der Waals surface area contributed by atoms with Crippen LogP contribution in [0.1, 0.15) is 19.5 Å². The van der Waals surface area contributed by atoms with E-state index < -0.39 is 22.5 Å². The van der Waals surface area contributed by atoms with Crippen molar-refractivity contribution >= 4 is 11.4 Å². The van der Waals surface area contributed by atoms with Gasteiger partial charge in [-0.15, -0.1) is 0 Å². The molecule has 1 N–H and O–H groups in total. The monoisotopic (exact) mass is 304 g/mol. The van der Waals surface area contributed by atoms with Crippen molar-refractivity contribution in [3.8, 4) is 0 Å². The first-order chi connectivity index (χ1) is 9.68. The van der Waals surface area contributed by atoms with Crippen LogP contribution >= 0.6 is 0 Å². The van der Waals surface area contributed by atoms with E-state index in [9.17, 15) is 23.3 Å². The molecule has 0 amide bonds. The minimum Gasteiger partial charge on any atom is -0.363 e. The summed E-state index contributed by atoms with van der Waals surface area (Å²) in [6, 6.07) is 0.801. The first-order valence-corrected chi connectivity index (χ1v) is 6.41. The van der Waals surface area contributed by atoms with Crippen LogP contribution in [0.4, 0.5) is 24.5 Å². The van der Waals surface area contributed by atoms with Crippen LogP contribution in [0, 0.1) is 10.1 Å². The average molecular weight is 304 g/mol. The summed E-state index contributed by atoms with van der Waals surface area (Å²) < 4.78 is 38.3. The van der Waals surface area contributed by atoms with Crippen LogP contribution < -0.4 is 10.2 Å². The minimum atomic E-state index is -4.63. The Balaban J connectivity index is 2.45. The minimum absolute atomic E-state index is 0.0239. The molecular formula is C12H15F3N4O2. The van der Waals surface area contributed by atoms with E-state index >= 15 is 0 Å². The lowest BCUT2D eigenvalue weighted by Gasteiger charge is -2.37. The number of hydrogen-bond donors (Lipinski definition) is 1. The molecule has 2 atom stereocenters. The highest BCUT2D eigenvalue weighted by molar-refractivity contribution is 5.63. The van der Waals surface area contributed by atoms with E-state index in [4.69, 9.17) is 0 Å². The molecule has 21 heavy (non-hydrogen) atoms. The van der Waals surface area contributed by atoms with E-state index in [-0.39, 0.29) is 17.8 Å². The molecule has 9 heteroatoms. The average Bonchev–Trinajstić information content (AvgIpc) is 2.35. The molecule has 0 bridgehead atoms. The Morgan fingerprint density at radius 2 is 1.95 bits per heavy atom. The lowest BCUT2D eigenvalue weighted by atomic mass is 10.1. The van der Waals surface area contributed by atoms with E-state index in [2.05, 4.69) is 10.3 Å². The molecule has 1 aliphatic rings. The molecule has 116 valence electrons. The van der Waals surface area contributed by atoms with Gasteiger partial charge >= 0.3 is 11.9 Å². The summed E-state index contributed by atoms with van der Waals surface area (Å²) in [6.45, 7) is 4.54. The van der Waals surface area contributed by atoms with Crippen molar-refractivity contribution in [1.82, 2.24) is 10.3 Å². The number of anilines is 1. The number of pyridine rings is 1. The number of alkyl halides is 3. The van der Waals surface area contributed by atoms with Gasteiger partial charge in [0, 0.05) is 25.2 Å². The van der Waals surface area contributed by atoms with E-state index in [0.717, 1.165) is 6.07 Å².